The Hall–Kier alpha value is -3.04. The molecule has 1 unspecified atom stereocenters. The Morgan fingerprint density at radius 1 is 0.931 bits per heavy atom. The van der Waals surface area contributed by atoms with Gasteiger partial charge >= 0.3 is 0 Å². The van der Waals surface area contributed by atoms with E-state index < -0.39 is 0 Å². The molecule has 1 aliphatic rings. The van der Waals surface area contributed by atoms with Crippen molar-refractivity contribution in [1.29, 1.82) is 0 Å². The van der Waals surface area contributed by atoms with Gasteiger partial charge in [-0.05, 0) is 35.9 Å². The molecule has 0 fully saturated rings. The largest absolute Gasteiger partial charge is 0.494 e. The number of rotatable bonds is 3. The Bertz CT molecular complexity index is 1190. The quantitative estimate of drug-likeness (QED) is 0.457. The van der Waals surface area contributed by atoms with Gasteiger partial charge in [0.15, 0.2) is 0 Å². The van der Waals surface area contributed by atoms with Crippen LogP contribution in [0, 0.1) is 0 Å². The molecule has 0 saturated carbocycles. The van der Waals surface area contributed by atoms with Crippen molar-refractivity contribution in [2.45, 2.75) is 19.3 Å². The molecule has 1 aliphatic carbocycles. The van der Waals surface area contributed by atoms with Crippen molar-refractivity contribution in [1.82, 2.24) is 4.98 Å². The van der Waals surface area contributed by atoms with Crippen LogP contribution in [0.3, 0.4) is 0 Å². The first kappa shape index (κ1) is 19.3. The molecule has 0 amide bonds. The zero-order valence-corrected chi connectivity index (χ0v) is 17.1. The normalized spacial score (nSPS) is 14.6. The van der Waals surface area contributed by atoms with Crippen molar-refractivity contribution in [2.24, 2.45) is 0 Å². The SMILES string of the molecule is CCOc1ccccc1C1Cc2ccccc2-c2nc(N)c3ccccc3c21.Cl. The topological polar surface area (TPSA) is 48.1 Å². The Kier molecular flexibility index (Phi) is 5.16. The summed E-state index contributed by atoms with van der Waals surface area (Å²) in [5.41, 5.74) is 12.3. The number of nitrogen functional groups attached to an aromatic ring is 1. The minimum absolute atomic E-state index is 0. The number of ether oxygens (including phenoxy) is 1. The lowest BCUT2D eigenvalue weighted by atomic mass is 9.75. The number of halogens is 1. The van der Waals surface area contributed by atoms with Gasteiger partial charge in [-0.1, -0.05) is 66.7 Å². The summed E-state index contributed by atoms with van der Waals surface area (Å²) in [6.45, 7) is 2.67. The molecule has 0 aliphatic heterocycles. The van der Waals surface area contributed by atoms with E-state index in [0.717, 1.165) is 23.3 Å². The summed E-state index contributed by atoms with van der Waals surface area (Å²) in [6.07, 6.45) is 0.919. The maximum atomic E-state index is 6.36. The first-order valence-corrected chi connectivity index (χ1v) is 9.76. The second kappa shape index (κ2) is 7.76. The minimum Gasteiger partial charge on any atom is -0.494 e. The molecule has 3 nitrogen and oxygen atoms in total. The van der Waals surface area contributed by atoms with Crippen LogP contribution in [0.1, 0.15) is 29.5 Å². The lowest BCUT2D eigenvalue weighted by Crippen LogP contribution is -2.16. The van der Waals surface area contributed by atoms with Gasteiger partial charge in [-0.2, -0.15) is 0 Å². The number of anilines is 1. The monoisotopic (exact) mass is 402 g/mol. The van der Waals surface area contributed by atoms with E-state index in [1.807, 2.05) is 19.1 Å². The summed E-state index contributed by atoms with van der Waals surface area (Å²) < 4.78 is 5.98. The van der Waals surface area contributed by atoms with Crippen LogP contribution in [0.25, 0.3) is 22.0 Å². The number of nitrogens with zero attached hydrogens (tertiary/aromatic N) is 1. The van der Waals surface area contributed by atoms with Crippen LogP contribution in [0.2, 0.25) is 0 Å². The third-order valence-corrected chi connectivity index (χ3v) is 5.62. The van der Waals surface area contributed by atoms with Gasteiger partial charge in [0, 0.05) is 22.4 Å². The third kappa shape index (κ3) is 3.12. The van der Waals surface area contributed by atoms with Crippen LogP contribution in [0.5, 0.6) is 5.75 Å². The number of fused-ring (bicyclic) bond motifs is 5. The van der Waals surface area contributed by atoms with E-state index in [0.29, 0.717) is 12.4 Å². The van der Waals surface area contributed by atoms with Crippen LogP contribution in [0.15, 0.2) is 72.8 Å². The van der Waals surface area contributed by atoms with Gasteiger partial charge in [0.05, 0.1) is 12.3 Å². The number of pyridine rings is 1. The maximum absolute atomic E-state index is 6.36. The summed E-state index contributed by atoms with van der Waals surface area (Å²) in [7, 11) is 0. The van der Waals surface area contributed by atoms with Crippen LogP contribution >= 0.6 is 12.4 Å². The van der Waals surface area contributed by atoms with E-state index in [4.69, 9.17) is 15.5 Å². The third-order valence-electron chi connectivity index (χ3n) is 5.62. The Morgan fingerprint density at radius 3 is 2.45 bits per heavy atom. The standard InChI is InChI=1S/C25H22N2O.ClH/c1-2-28-22-14-8-7-11-18(22)21-15-16-9-3-4-10-17(16)24-23(21)19-12-5-6-13-20(19)25(26)27-24;/h3-14,21H,2,15H2,1H3,(H2,26,27);1H. The lowest BCUT2D eigenvalue weighted by molar-refractivity contribution is 0.335. The van der Waals surface area contributed by atoms with E-state index in [9.17, 15) is 0 Å². The van der Waals surface area contributed by atoms with Crippen LogP contribution < -0.4 is 10.5 Å². The second-order valence-corrected chi connectivity index (χ2v) is 7.19. The number of aromatic nitrogens is 1. The zero-order valence-electron chi connectivity index (χ0n) is 16.3. The predicted octanol–water partition coefficient (Wildman–Crippen LogP) is 5.99. The highest BCUT2D eigenvalue weighted by molar-refractivity contribution is 5.98. The van der Waals surface area contributed by atoms with Gasteiger partial charge in [0.2, 0.25) is 0 Å². The molecule has 1 heterocycles. The van der Waals surface area contributed by atoms with Crippen LogP contribution in [-0.4, -0.2) is 11.6 Å². The molecule has 4 heteroatoms. The molecule has 3 aromatic carbocycles. The molecule has 1 atom stereocenters. The number of benzene rings is 3. The van der Waals surface area contributed by atoms with Crippen LogP contribution in [0.4, 0.5) is 5.82 Å². The van der Waals surface area contributed by atoms with E-state index in [1.165, 1.54) is 27.6 Å². The van der Waals surface area contributed by atoms with Crippen LogP contribution in [-0.2, 0) is 6.42 Å². The second-order valence-electron chi connectivity index (χ2n) is 7.19. The lowest BCUT2D eigenvalue weighted by Gasteiger charge is -2.30. The molecular weight excluding hydrogens is 380 g/mol. The molecule has 29 heavy (non-hydrogen) atoms. The van der Waals surface area contributed by atoms with Gasteiger partial charge in [-0.25, -0.2) is 4.98 Å². The fourth-order valence-corrected chi connectivity index (χ4v) is 4.44. The van der Waals surface area contributed by atoms with Gasteiger partial charge < -0.3 is 10.5 Å². The zero-order chi connectivity index (χ0) is 19.1. The average molecular weight is 403 g/mol. The van der Waals surface area contributed by atoms with Crippen molar-refractivity contribution >= 4 is 29.0 Å². The molecule has 0 spiro atoms. The molecule has 4 aromatic rings. The molecule has 0 bridgehead atoms. The summed E-state index contributed by atoms with van der Waals surface area (Å²) >= 11 is 0. The fourth-order valence-electron chi connectivity index (χ4n) is 4.44. The highest BCUT2D eigenvalue weighted by Gasteiger charge is 2.31. The first-order chi connectivity index (χ1) is 13.8. The van der Waals surface area contributed by atoms with Crippen molar-refractivity contribution in [3.05, 3.63) is 89.5 Å². The smallest absolute Gasteiger partial charge is 0.131 e. The van der Waals surface area contributed by atoms with Crippen molar-refractivity contribution < 1.29 is 4.74 Å². The van der Waals surface area contributed by atoms with E-state index in [2.05, 4.69) is 60.7 Å². The van der Waals surface area contributed by atoms with Crippen molar-refractivity contribution in [3.63, 3.8) is 0 Å². The molecule has 0 saturated heterocycles. The first-order valence-electron chi connectivity index (χ1n) is 9.76. The van der Waals surface area contributed by atoms with E-state index in [1.54, 1.807) is 0 Å². The van der Waals surface area contributed by atoms with Crippen molar-refractivity contribution in [3.8, 4) is 17.0 Å². The molecular formula is C25H23ClN2O. The van der Waals surface area contributed by atoms with Gasteiger partial charge in [0.25, 0.3) is 0 Å². The summed E-state index contributed by atoms with van der Waals surface area (Å²) in [5, 5.41) is 2.19. The molecule has 146 valence electrons. The molecule has 5 rings (SSSR count). The van der Waals surface area contributed by atoms with Gasteiger partial charge in [-0.15, -0.1) is 12.4 Å². The maximum Gasteiger partial charge on any atom is 0.131 e. The minimum atomic E-state index is 0. The summed E-state index contributed by atoms with van der Waals surface area (Å²) in [5.74, 6) is 1.70. The highest BCUT2D eigenvalue weighted by atomic mass is 35.5. The number of hydrogen-bond donors (Lipinski definition) is 1. The summed E-state index contributed by atoms with van der Waals surface area (Å²) in [4.78, 5) is 4.87. The Balaban J connectivity index is 0.00000205. The van der Waals surface area contributed by atoms with E-state index >= 15 is 0 Å². The van der Waals surface area contributed by atoms with Crippen molar-refractivity contribution in [2.75, 3.05) is 12.3 Å². The fraction of sp³-hybridized carbons (Fsp3) is 0.160. The predicted molar refractivity (Wildman–Crippen MR) is 122 cm³/mol. The molecule has 2 N–H and O–H groups in total. The summed E-state index contributed by atoms with van der Waals surface area (Å²) in [6, 6.07) is 25.2. The Morgan fingerprint density at radius 2 is 1.62 bits per heavy atom. The van der Waals surface area contributed by atoms with Gasteiger partial charge in [0.1, 0.15) is 11.6 Å². The Labute approximate surface area is 177 Å². The average Bonchev–Trinajstić information content (AvgIpc) is 2.74. The highest BCUT2D eigenvalue weighted by Crippen LogP contribution is 2.47. The van der Waals surface area contributed by atoms with Gasteiger partial charge in [-0.3, -0.25) is 0 Å². The number of hydrogen-bond acceptors (Lipinski definition) is 3. The molecule has 1 aromatic heterocycles. The number of nitrogens with two attached hydrogens (primary N) is 1. The molecule has 0 radical (unpaired) electrons. The number of para-hydroxylation sites is 1. The van der Waals surface area contributed by atoms with E-state index in [-0.39, 0.29) is 18.3 Å².